The number of halogens is 8. The van der Waals surface area contributed by atoms with Gasteiger partial charge in [0.25, 0.3) is 5.91 Å². The fraction of sp³-hybridized carbons (Fsp3) is 0.528. The van der Waals surface area contributed by atoms with Gasteiger partial charge in [0.15, 0.2) is 0 Å². The zero-order valence-electron chi connectivity index (χ0n) is 44.4. The zero-order chi connectivity index (χ0) is 58.1. The fourth-order valence-electron chi connectivity index (χ4n) is 9.69. The molecule has 5 N–H and O–H groups in total. The van der Waals surface area contributed by atoms with Crippen molar-refractivity contribution in [2.24, 2.45) is 10.8 Å². The number of carbonyl (C=O) groups is 4. The molecular formula is C53H61F8N11O8. The Morgan fingerprint density at radius 1 is 0.775 bits per heavy atom. The minimum absolute atomic E-state index is 0.00382. The average molecular weight is 1130 g/mol. The van der Waals surface area contributed by atoms with E-state index in [1.807, 2.05) is 10.6 Å². The molecule has 3 aliphatic heterocycles. The fourth-order valence-corrected chi connectivity index (χ4v) is 9.69. The highest BCUT2D eigenvalue weighted by Crippen LogP contribution is 2.42. The number of aromatic nitrogens is 4. The van der Waals surface area contributed by atoms with E-state index in [9.17, 15) is 50.6 Å². The molecule has 2 bridgehead atoms. The Hall–Kier alpha value is -7.15. The molecule has 3 saturated heterocycles. The number of aliphatic hydroxyl groups is 1. The summed E-state index contributed by atoms with van der Waals surface area (Å²) < 4.78 is 136. The first-order valence-corrected chi connectivity index (χ1v) is 25.6. The number of alkyl carbamates (subject to hydrolysis) is 2. The number of likely N-dealkylation sites (tertiary alicyclic amines) is 1. The summed E-state index contributed by atoms with van der Waals surface area (Å²) in [5.41, 5.74) is -3.25. The summed E-state index contributed by atoms with van der Waals surface area (Å²) in [6, 6.07) is 4.17. The van der Waals surface area contributed by atoms with Crippen molar-refractivity contribution in [3.8, 4) is 23.1 Å². The van der Waals surface area contributed by atoms with Gasteiger partial charge < -0.3 is 40.2 Å². The second-order valence-corrected chi connectivity index (χ2v) is 21.5. The predicted octanol–water partition coefficient (Wildman–Crippen LogP) is 5.56. The van der Waals surface area contributed by atoms with Crippen LogP contribution in [0.15, 0.2) is 61.1 Å². The molecule has 6 atom stereocenters. The summed E-state index contributed by atoms with van der Waals surface area (Å²) in [5.74, 6) is 1.02. The molecular weight excluding hydrogens is 1070 g/mol. The van der Waals surface area contributed by atoms with Crippen molar-refractivity contribution in [1.82, 2.24) is 51.0 Å². The number of nitrogens with one attached hydrogen (secondary N) is 4. The Balaban J connectivity index is 1.07. The molecule has 4 aromatic rings. The lowest BCUT2D eigenvalue weighted by atomic mass is 9.82. The summed E-state index contributed by atoms with van der Waals surface area (Å²) in [7, 11) is 1.67. The molecule has 8 rings (SSSR count). The van der Waals surface area contributed by atoms with Gasteiger partial charge in [0.1, 0.15) is 23.7 Å². The van der Waals surface area contributed by atoms with E-state index in [1.165, 1.54) is 18.2 Å². The van der Waals surface area contributed by atoms with Crippen LogP contribution in [0.25, 0.3) is 11.3 Å². The van der Waals surface area contributed by atoms with Crippen molar-refractivity contribution in [2.75, 3.05) is 52.0 Å². The van der Waals surface area contributed by atoms with Crippen LogP contribution in [0.4, 0.5) is 50.7 Å². The van der Waals surface area contributed by atoms with Gasteiger partial charge in [-0.1, -0.05) is 24.0 Å². The van der Waals surface area contributed by atoms with E-state index in [4.69, 9.17) is 4.74 Å². The van der Waals surface area contributed by atoms with E-state index in [1.54, 1.807) is 35.4 Å². The number of ether oxygens (including phenoxy) is 3. The number of hydrazine groups is 1. The number of carbonyl (C=O) groups excluding carboxylic acids is 4. The topological polar surface area (TPSA) is 218 Å². The van der Waals surface area contributed by atoms with Crippen LogP contribution in [-0.2, 0) is 36.8 Å². The SMILES string of the molecule is COC(=O)N[C@H](C(=O)N[C@@H](Cc1ccc(C#Cc2cnc(N3C[C@H]4C[C@@H]3CN4C3COC3)nc2)cc1)[C@@H](O)CN(Cc1c(F)cc(-c2ccn(C3CC3)n2)cc1F)NC(=O)[C@@H](NC(=O)OC)C(C)(C)C(F)(F)F)C(C)(C)C(F)(F)F. The van der Waals surface area contributed by atoms with E-state index < -0.39 is 108 Å². The maximum Gasteiger partial charge on any atom is 0.407 e. The number of piperazine rings is 1. The quantitative estimate of drug-likeness (QED) is 0.0442. The number of fused-ring (bicyclic) bond motifs is 2. The minimum Gasteiger partial charge on any atom is -0.453 e. The maximum absolute atomic E-state index is 16.2. The van der Waals surface area contributed by atoms with Crippen molar-refractivity contribution in [3.05, 3.63) is 94.9 Å². The van der Waals surface area contributed by atoms with Crippen LogP contribution >= 0.6 is 0 Å². The number of benzene rings is 2. The molecule has 0 radical (unpaired) electrons. The highest BCUT2D eigenvalue weighted by Gasteiger charge is 2.57. The van der Waals surface area contributed by atoms with Gasteiger partial charge >= 0.3 is 24.5 Å². The smallest absolute Gasteiger partial charge is 0.407 e. The van der Waals surface area contributed by atoms with E-state index in [2.05, 4.69) is 56.9 Å². The minimum atomic E-state index is -5.18. The third-order valence-electron chi connectivity index (χ3n) is 15.1. The molecule has 4 amide bonds. The van der Waals surface area contributed by atoms with Crippen molar-refractivity contribution in [3.63, 3.8) is 0 Å². The summed E-state index contributed by atoms with van der Waals surface area (Å²) in [6.07, 6.45) is -8.16. The number of anilines is 1. The third kappa shape index (κ3) is 13.2. The number of hydrogen-bond donors (Lipinski definition) is 5. The van der Waals surface area contributed by atoms with E-state index in [-0.39, 0.29) is 23.3 Å². The monoisotopic (exact) mass is 1130 g/mol. The molecule has 19 nitrogen and oxygen atoms in total. The second kappa shape index (κ2) is 23.5. The van der Waals surface area contributed by atoms with Gasteiger partial charge in [0.05, 0.1) is 73.8 Å². The van der Waals surface area contributed by atoms with Gasteiger partial charge in [-0.2, -0.15) is 31.4 Å². The molecule has 27 heteroatoms. The lowest BCUT2D eigenvalue weighted by Crippen LogP contribution is -2.63. The van der Waals surface area contributed by atoms with Gasteiger partial charge in [-0.05, 0) is 89.3 Å². The molecule has 0 spiro atoms. The first kappa shape index (κ1) is 59.0. The number of methoxy groups -OCH3 is 2. The molecule has 1 aliphatic carbocycles. The van der Waals surface area contributed by atoms with Crippen molar-refractivity contribution < 1.29 is 73.6 Å². The summed E-state index contributed by atoms with van der Waals surface area (Å²) >= 11 is 0. The normalized spacial score (nSPS) is 19.3. The number of rotatable bonds is 19. The summed E-state index contributed by atoms with van der Waals surface area (Å²) in [5, 5.41) is 23.2. The Labute approximate surface area is 455 Å². The number of aliphatic hydroxyl groups excluding tert-OH is 1. The van der Waals surface area contributed by atoms with Crippen LogP contribution in [0.1, 0.15) is 75.3 Å². The van der Waals surface area contributed by atoms with Crippen molar-refractivity contribution >= 4 is 29.9 Å². The number of nitrogens with zero attached hydrogens (tertiary/aromatic N) is 7. The van der Waals surface area contributed by atoms with E-state index in [0.29, 0.717) is 67.4 Å². The molecule has 80 heavy (non-hydrogen) atoms. The second-order valence-electron chi connectivity index (χ2n) is 21.5. The molecule has 2 aromatic heterocycles. The summed E-state index contributed by atoms with van der Waals surface area (Å²) in [6.45, 7) is 3.55. The lowest BCUT2D eigenvalue weighted by molar-refractivity contribution is -0.221. The number of hydrogen-bond acceptors (Lipinski definition) is 14. The Morgan fingerprint density at radius 3 is 1.86 bits per heavy atom. The van der Waals surface area contributed by atoms with Gasteiger partial charge in [-0.25, -0.2) is 33.3 Å². The Kier molecular flexibility index (Phi) is 17.3. The van der Waals surface area contributed by atoms with Crippen molar-refractivity contribution in [1.29, 1.82) is 0 Å². The third-order valence-corrected chi connectivity index (χ3v) is 15.1. The zero-order valence-corrected chi connectivity index (χ0v) is 44.4. The predicted molar refractivity (Wildman–Crippen MR) is 270 cm³/mol. The number of alkyl halides is 6. The Morgan fingerprint density at radius 2 is 1.35 bits per heavy atom. The van der Waals surface area contributed by atoms with Crippen LogP contribution in [0.2, 0.25) is 0 Å². The molecule has 0 unspecified atom stereocenters. The molecule has 432 valence electrons. The Bertz CT molecular complexity index is 2940. The van der Waals surface area contributed by atoms with E-state index in [0.717, 1.165) is 71.9 Å². The van der Waals surface area contributed by atoms with Crippen molar-refractivity contribution in [2.45, 2.75) is 121 Å². The molecule has 5 heterocycles. The molecule has 1 saturated carbocycles. The largest absolute Gasteiger partial charge is 0.453 e. The van der Waals surface area contributed by atoms with Gasteiger partial charge in [0, 0.05) is 73.5 Å². The first-order valence-electron chi connectivity index (χ1n) is 25.6. The van der Waals surface area contributed by atoms with Crippen LogP contribution in [0.5, 0.6) is 0 Å². The first-order chi connectivity index (χ1) is 37.7. The average Bonchev–Trinajstić information content (AvgIpc) is 3.92. The van der Waals surface area contributed by atoms with Gasteiger partial charge in [-0.3, -0.25) is 24.6 Å². The van der Waals surface area contributed by atoms with Gasteiger partial charge in [-0.15, -0.1) is 0 Å². The standard InChI is InChI=1S/C53H61F8N11O8/c1-50(2,52(56,57)58)43(65-48(76)78-5)45(74)64-41(17-30-10-7-29(8-11-30)9-12-31-21-62-47(63-22-31)71-24-34-20-35(71)23-70(34)36-27-80-28-36)42(73)26-69(68-46(75)44(66-49(77)79-6)51(3,4)53(59,60)61)25-37-38(54)18-32(19-39(37)55)40-15-16-72(67-40)33-13-14-33/h7-8,10-11,15-16,18-19,21-22,33-36,41-44,73H,13-14,17,20,23-28H2,1-6H3,(H,64,74)(H,65,76)(H,66,77)(H,68,75)/t34-,35-,41+,42+,43-,44-/m1/s1. The van der Waals surface area contributed by atoms with Crippen LogP contribution < -0.4 is 26.3 Å². The maximum atomic E-state index is 16.2. The molecule has 4 aliphatic rings. The van der Waals surface area contributed by atoms with Crippen LogP contribution in [0.3, 0.4) is 0 Å². The molecule has 2 aromatic carbocycles. The highest BCUT2D eigenvalue weighted by atomic mass is 19.4. The molecule has 4 fully saturated rings. The lowest BCUT2D eigenvalue weighted by Gasteiger charge is -2.42. The summed E-state index contributed by atoms with van der Waals surface area (Å²) in [4.78, 5) is 66.8. The number of amides is 4. The van der Waals surface area contributed by atoms with Gasteiger partial charge in [0.2, 0.25) is 11.9 Å². The van der Waals surface area contributed by atoms with E-state index >= 15 is 8.78 Å². The van der Waals surface area contributed by atoms with Crippen LogP contribution in [0, 0.1) is 34.3 Å². The van der Waals surface area contributed by atoms with Crippen LogP contribution in [-0.4, -0.2) is 161 Å². The highest BCUT2D eigenvalue weighted by molar-refractivity contribution is 5.87.